The van der Waals surface area contributed by atoms with Crippen molar-refractivity contribution < 1.29 is 9.59 Å². The maximum Gasteiger partial charge on any atom is 0.245 e. The fraction of sp³-hybridized carbons (Fsp3) is 0.714. The quantitative estimate of drug-likeness (QED) is 0.567. The number of carbonyl (C=O) groups excluding carboxylic acids is 2. The van der Waals surface area contributed by atoms with E-state index in [2.05, 4.69) is 6.58 Å². The molecule has 5 heteroatoms. The summed E-state index contributed by atoms with van der Waals surface area (Å²) in [6.07, 6.45) is 5.28. The van der Waals surface area contributed by atoms with Gasteiger partial charge in [0.25, 0.3) is 0 Å². The van der Waals surface area contributed by atoms with Crippen LogP contribution in [0.15, 0.2) is 12.7 Å². The van der Waals surface area contributed by atoms with Gasteiger partial charge in [0.2, 0.25) is 11.8 Å². The molecule has 0 aromatic heterocycles. The smallest absolute Gasteiger partial charge is 0.245 e. The lowest BCUT2D eigenvalue weighted by molar-refractivity contribution is -0.142. The highest BCUT2D eigenvalue weighted by atomic mass is 32.2. The molecule has 2 amide bonds. The Balaban J connectivity index is 1.95. The van der Waals surface area contributed by atoms with Crippen molar-refractivity contribution in [2.24, 2.45) is 0 Å². The van der Waals surface area contributed by atoms with Gasteiger partial charge in [-0.25, -0.2) is 0 Å². The number of piperidine rings is 1. The zero-order chi connectivity index (χ0) is 13.7. The standard InChI is InChI=1S/C14H22N2O2S/c1-2-10-19-11-9-15-8-6-13(17)16-7-4-3-5-12(16)14(15)18/h2,12H,1,3-11H2. The van der Waals surface area contributed by atoms with Gasteiger partial charge < -0.3 is 9.80 Å². The van der Waals surface area contributed by atoms with E-state index < -0.39 is 0 Å². The highest BCUT2D eigenvalue weighted by Crippen LogP contribution is 2.23. The van der Waals surface area contributed by atoms with Crippen LogP contribution in [0, 0.1) is 0 Å². The molecule has 2 saturated heterocycles. The molecule has 2 heterocycles. The summed E-state index contributed by atoms with van der Waals surface area (Å²) in [6.45, 7) is 5.77. The van der Waals surface area contributed by atoms with Crippen molar-refractivity contribution in [1.82, 2.24) is 9.80 Å². The fourth-order valence-electron chi connectivity index (χ4n) is 2.75. The van der Waals surface area contributed by atoms with Crippen LogP contribution < -0.4 is 0 Å². The lowest BCUT2D eigenvalue weighted by atomic mass is 10.0. The number of fused-ring (bicyclic) bond motifs is 1. The van der Waals surface area contributed by atoms with E-state index >= 15 is 0 Å². The Morgan fingerprint density at radius 3 is 2.95 bits per heavy atom. The Bertz CT molecular complexity index is 359. The van der Waals surface area contributed by atoms with Gasteiger partial charge in [-0.1, -0.05) is 6.08 Å². The molecule has 0 radical (unpaired) electrons. The van der Waals surface area contributed by atoms with E-state index in [1.165, 1.54) is 0 Å². The normalized spacial score (nSPS) is 24.1. The molecule has 0 aromatic carbocycles. The molecular formula is C14H22N2O2S. The molecule has 2 aliphatic heterocycles. The van der Waals surface area contributed by atoms with Crippen molar-refractivity contribution in [3.63, 3.8) is 0 Å². The van der Waals surface area contributed by atoms with E-state index in [1.807, 2.05) is 15.9 Å². The van der Waals surface area contributed by atoms with Crippen LogP contribution in [-0.4, -0.2) is 58.8 Å². The minimum atomic E-state index is -0.187. The van der Waals surface area contributed by atoms with Crippen molar-refractivity contribution in [3.05, 3.63) is 12.7 Å². The van der Waals surface area contributed by atoms with Gasteiger partial charge in [0.15, 0.2) is 0 Å². The van der Waals surface area contributed by atoms with E-state index in [4.69, 9.17) is 0 Å². The van der Waals surface area contributed by atoms with Crippen LogP contribution in [0.2, 0.25) is 0 Å². The number of hydrogen-bond donors (Lipinski definition) is 0. The molecule has 0 N–H and O–H groups in total. The van der Waals surface area contributed by atoms with Gasteiger partial charge in [0.1, 0.15) is 6.04 Å². The zero-order valence-corrected chi connectivity index (χ0v) is 12.2. The predicted octanol–water partition coefficient (Wildman–Crippen LogP) is 1.52. The number of rotatable bonds is 5. The van der Waals surface area contributed by atoms with Gasteiger partial charge in [-0.3, -0.25) is 9.59 Å². The molecule has 0 spiro atoms. The van der Waals surface area contributed by atoms with Gasteiger partial charge in [0, 0.05) is 37.6 Å². The van der Waals surface area contributed by atoms with E-state index in [-0.39, 0.29) is 17.9 Å². The molecule has 4 nitrogen and oxygen atoms in total. The summed E-state index contributed by atoms with van der Waals surface area (Å²) in [4.78, 5) is 28.2. The molecule has 2 rings (SSSR count). The first-order chi connectivity index (χ1) is 9.24. The lowest BCUT2D eigenvalue weighted by Gasteiger charge is -2.34. The van der Waals surface area contributed by atoms with Crippen molar-refractivity contribution in [1.29, 1.82) is 0 Å². The summed E-state index contributed by atoms with van der Waals surface area (Å²) in [7, 11) is 0. The second-order valence-electron chi connectivity index (χ2n) is 5.04. The second kappa shape index (κ2) is 6.98. The molecule has 19 heavy (non-hydrogen) atoms. The summed E-state index contributed by atoms with van der Waals surface area (Å²) in [5.74, 6) is 2.14. The summed E-state index contributed by atoms with van der Waals surface area (Å²) in [5, 5.41) is 0. The van der Waals surface area contributed by atoms with E-state index in [0.717, 1.165) is 43.9 Å². The first-order valence-electron chi connectivity index (χ1n) is 7.01. The average molecular weight is 282 g/mol. The maximum absolute atomic E-state index is 12.5. The first kappa shape index (κ1) is 14.4. The van der Waals surface area contributed by atoms with Crippen LogP contribution >= 0.6 is 11.8 Å². The number of nitrogens with zero attached hydrogens (tertiary/aromatic N) is 2. The van der Waals surface area contributed by atoms with Gasteiger partial charge >= 0.3 is 0 Å². The number of carbonyl (C=O) groups is 2. The minimum Gasteiger partial charge on any atom is -0.340 e. The summed E-state index contributed by atoms with van der Waals surface area (Å²) >= 11 is 1.78. The van der Waals surface area contributed by atoms with Crippen LogP contribution in [0.3, 0.4) is 0 Å². The highest BCUT2D eigenvalue weighted by molar-refractivity contribution is 7.99. The van der Waals surface area contributed by atoms with Crippen LogP contribution in [0.1, 0.15) is 25.7 Å². The van der Waals surface area contributed by atoms with Crippen LogP contribution in [-0.2, 0) is 9.59 Å². The van der Waals surface area contributed by atoms with Gasteiger partial charge in [0.05, 0.1) is 0 Å². The molecule has 1 unspecified atom stereocenters. The molecule has 0 bridgehead atoms. The number of hydrogen-bond acceptors (Lipinski definition) is 3. The Hall–Kier alpha value is -0.970. The van der Waals surface area contributed by atoms with Crippen LogP contribution in [0.25, 0.3) is 0 Å². The number of amides is 2. The predicted molar refractivity (Wildman–Crippen MR) is 78.1 cm³/mol. The third-order valence-corrected chi connectivity index (χ3v) is 4.70. The second-order valence-corrected chi connectivity index (χ2v) is 6.19. The van der Waals surface area contributed by atoms with Crippen LogP contribution in [0.4, 0.5) is 0 Å². The van der Waals surface area contributed by atoms with Gasteiger partial charge in [-0.15, -0.1) is 6.58 Å². The Morgan fingerprint density at radius 2 is 2.16 bits per heavy atom. The topological polar surface area (TPSA) is 40.6 Å². The third kappa shape index (κ3) is 3.53. The SMILES string of the molecule is C=CCSCCN1CCC(=O)N2CCCCC2C1=O. The van der Waals surface area contributed by atoms with Gasteiger partial charge in [-0.05, 0) is 19.3 Å². The highest BCUT2D eigenvalue weighted by Gasteiger charge is 2.37. The van der Waals surface area contributed by atoms with Crippen molar-refractivity contribution in [2.45, 2.75) is 31.7 Å². The van der Waals surface area contributed by atoms with Crippen molar-refractivity contribution in [2.75, 3.05) is 31.1 Å². The summed E-state index contributed by atoms with van der Waals surface area (Å²) in [6, 6.07) is -0.187. The first-order valence-corrected chi connectivity index (χ1v) is 8.16. The van der Waals surface area contributed by atoms with Gasteiger partial charge in [-0.2, -0.15) is 11.8 Å². The third-order valence-electron chi connectivity index (χ3n) is 3.76. The van der Waals surface area contributed by atoms with E-state index in [9.17, 15) is 9.59 Å². The monoisotopic (exact) mass is 282 g/mol. The molecular weight excluding hydrogens is 260 g/mol. The Kier molecular flexibility index (Phi) is 5.31. The average Bonchev–Trinajstić information content (AvgIpc) is 2.56. The van der Waals surface area contributed by atoms with E-state index in [0.29, 0.717) is 13.0 Å². The molecule has 0 aromatic rings. The minimum absolute atomic E-state index is 0.152. The summed E-state index contributed by atoms with van der Waals surface area (Å²) in [5.41, 5.74) is 0. The molecule has 0 saturated carbocycles. The van der Waals surface area contributed by atoms with Crippen molar-refractivity contribution >= 4 is 23.6 Å². The summed E-state index contributed by atoms with van der Waals surface area (Å²) < 4.78 is 0. The molecule has 2 fully saturated rings. The molecule has 0 aliphatic carbocycles. The lowest BCUT2D eigenvalue weighted by Crippen LogP contribution is -2.50. The molecule has 106 valence electrons. The largest absolute Gasteiger partial charge is 0.340 e. The molecule has 1 atom stereocenters. The Labute approximate surface area is 119 Å². The van der Waals surface area contributed by atoms with Crippen molar-refractivity contribution in [3.8, 4) is 0 Å². The van der Waals surface area contributed by atoms with Crippen LogP contribution in [0.5, 0.6) is 0 Å². The molecule has 2 aliphatic rings. The Morgan fingerprint density at radius 1 is 1.32 bits per heavy atom. The zero-order valence-electron chi connectivity index (χ0n) is 11.3. The maximum atomic E-state index is 12.5. The number of thioether (sulfide) groups is 1. The van der Waals surface area contributed by atoms with E-state index in [1.54, 1.807) is 11.8 Å². The fourth-order valence-corrected chi connectivity index (χ4v) is 3.43.